The van der Waals surface area contributed by atoms with Gasteiger partial charge < -0.3 is 5.32 Å². The number of aromatic nitrogens is 1. The molecule has 3 heterocycles. The van der Waals surface area contributed by atoms with Crippen LogP contribution in [0.2, 0.25) is 0 Å². The molecular weight excluding hydrogens is 412 g/mol. The van der Waals surface area contributed by atoms with E-state index in [0.29, 0.717) is 4.88 Å². The first-order chi connectivity index (χ1) is 14.1. The van der Waals surface area contributed by atoms with E-state index in [-0.39, 0.29) is 18.6 Å². The number of aryl methyl sites for hydroxylation is 1. The minimum Gasteiger partial charge on any atom is -0.323 e. The summed E-state index contributed by atoms with van der Waals surface area (Å²) in [6.07, 6.45) is 2.21. The average Bonchev–Trinajstić information content (AvgIpc) is 3.13. The maximum Gasteiger partial charge on any atom is 0.325 e. The number of Topliss-reactive ketones (excluding diaryl/α,β-unsaturated/α-hetero) is 1. The first-order valence-electron chi connectivity index (χ1n) is 9.69. The Balaban J connectivity index is 1.55. The quantitative estimate of drug-likeness (QED) is 0.581. The number of ketones is 1. The zero-order valence-corrected chi connectivity index (χ0v) is 17.4. The van der Waals surface area contributed by atoms with Crippen LogP contribution in [0, 0.1) is 13.8 Å². The van der Waals surface area contributed by atoms with Crippen LogP contribution in [0.1, 0.15) is 45.8 Å². The second kappa shape index (κ2) is 7.23. The second-order valence-corrected chi connectivity index (χ2v) is 9.14. The van der Waals surface area contributed by atoms with E-state index >= 15 is 0 Å². The van der Waals surface area contributed by atoms with Crippen molar-refractivity contribution in [1.82, 2.24) is 15.2 Å². The minimum absolute atomic E-state index is 0.127. The number of carbonyl (C=O) groups is 3. The molecule has 1 saturated carbocycles. The highest BCUT2D eigenvalue weighted by molar-refractivity contribution is 7.14. The van der Waals surface area contributed by atoms with E-state index in [4.69, 9.17) is 0 Å². The number of alkyl halides is 2. The predicted molar refractivity (Wildman–Crippen MR) is 108 cm³/mol. The molecule has 3 amide bonds. The lowest BCUT2D eigenvalue weighted by Gasteiger charge is -2.34. The number of halogens is 2. The highest BCUT2D eigenvalue weighted by Gasteiger charge is 2.55. The van der Waals surface area contributed by atoms with Gasteiger partial charge in [0.25, 0.3) is 5.91 Å². The first kappa shape index (κ1) is 20.6. The molecule has 2 fully saturated rings. The molecule has 2 aliphatic rings. The zero-order valence-electron chi connectivity index (χ0n) is 16.6. The molecule has 1 aliphatic heterocycles. The van der Waals surface area contributed by atoms with Crippen LogP contribution in [-0.2, 0) is 4.79 Å². The van der Waals surface area contributed by atoms with E-state index in [1.54, 1.807) is 12.4 Å². The second-order valence-electron chi connectivity index (χ2n) is 7.91. The van der Waals surface area contributed by atoms with Crippen molar-refractivity contribution in [2.45, 2.75) is 51.0 Å². The normalized spacial score (nSPS) is 19.9. The van der Waals surface area contributed by atoms with Crippen molar-refractivity contribution >= 4 is 29.1 Å². The number of thiophene rings is 1. The number of pyridine rings is 1. The molecule has 1 spiro atoms. The minimum atomic E-state index is -2.83. The monoisotopic (exact) mass is 433 g/mol. The van der Waals surface area contributed by atoms with Crippen LogP contribution in [0.3, 0.4) is 0 Å². The number of rotatable bonds is 4. The molecule has 30 heavy (non-hydrogen) atoms. The van der Waals surface area contributed by atoms with Crippen molar-refractivity contribution in [2.24, 2.45) is 0 Å². The Labute approximate surface area is 176 Å². The molecule has 0 radical (unpaired) electrons. The number of urea groups is 1. The fourth-order valence-electron chi connectivity index (χ4n) is 4.27. The lowest BCUT2D eigenvalue weighted by Crippen LogP contribution is -2.51. The number of carbonyl (C=O) groups excluding carboxylic acids is 3. The molecule has 0 unspecified atom stereocenters. The van der Waals surface area contributed by atoms with Crippen molar-refractivity contribution in [3.05, 3.63) is 39.8 Å². The van der Waals surface area contributed by atoms with Gasteiger partial charge in [-0.1, -0.05) is 6.07 Å². The van der Waals surface area contributed by atoms with Gasteiger partial charge in [0.05, 0.1) is 11.4 Å². The highest BCUT2D eigenvalue weighted by atomic mass is 32.1. The summed E-state index contributed by atoms with van der Waals surface area (Å²) in [7, 11) is 0. The number of nitrogens with zero attached hydrogens (tertiary/aromatic N) is 2. The maximum atomic E-state index is 13.5. The van der Waals surface area contributed by atoms with Gasteiger partial charge in [0, 0.05) is 41.2 Å². The molecular formula is C21H21F2N3O3S. The van der Waals surface area contributed by atoms with E-state index in [1.807, 2.05) is 26.0 Å². The van der Waals surface area contributed by atoms with E-state index < -0.39 is 42.8 Å². The molecule has 0 bridgehead atoms. The Morgan fingerprint density at radius 2 is 1.93 bits per heavy atom. The molecule has 0 atom stereocenters. The Bertz CT molecular complexity index is 1030. The third-order valence-electron chi connectivity index (χ3n) is 5.91. The van der Waals surface area contributed by atoms with Crippen LogP contribution in [0.5, 0.6) is 0 Å². The summed E-state index contributed by atoms with van der Waals surface area (Å²) in [5.41, 5.74) is 1.26. The molecule has 2 aromatic rings. The maximum absolute atomic E-state index is 13.5. The topological polar surface area (TPSA) is 79.4 Å². The largest absolute Gasteiger partial charge is 0.325 e. The molecule has 6 nitrogen and oxygen atoms in total. The Hall–Kier alpha value is -2.68. The lowest BCUT2D eigenvalue weighted by atomic mass is 9.80. The van der Waals surface area contributed by atoms with Gasteiger partial charge in [-0.05, 0) is 38.3 Å². The highest BCUT2D eigenvalue weighted by Crippen LogP contribution is 2.41. The summed E-state index contributed by atoms with van der Waals surface area (Å²) >= 11 is 1.31. The van der Waals surface area contributed by atoms with Crippen LogP contribution in [0.15, 0.2) is 24.5 Å². The number of amides is 3. The van der Waals surface area contributed by atoms with Gasteiger partial charge in [-0.15, -0.1) is 11.3 Å². The van der Waals surface area contributed by atoms with Gasteiger partial charge in [-0.3, -0.25) is 19.5 Å². The van der Waals surface area contributed by atoms with Crippen molar-refractivity contribution in [1.29, 1.82) is 0 Å². The standard InChI is InChI=1S/C21H21F2N3O3S/c1-12-16(14-4-3-9-24-10-14)13(2)30-17(12)15(27)11-26-18(28)20(25-19(26)29)5-7-21(22,23)8-6-20/h3-4,9-10H,5-8,11H2,1-2H3,(H,25,29). The summed E-state index contributed by atoms with van der Waals surface area (Å²) in [5.74, 6) is -3.76. The third-order valence-corrected chi connectivity index (χ3v) is 7.16. The molecule has 1 saturated heterocycles. The van der Waals surface area contributed by atoms with Crippen molar-refractivity contribution < 1.29 is 23.2 Å². The molecule has 158 valence electrons. The van der Waals surface area contributed by atoms with E-state index in [9.17, 15) is 23.2 Å². The number of hydrogen-bond acceptors (Lipinski definition) is 5. The van der Waals surface area contributed by atoms with Crippen LogP contribution >= 0.6 is 11.3 Å². The van der Waals surface area contributed by atoms with E-state index in [2.05, 4.69) is 10.3 Å². The van der Waals surface area contributed by atoms with Crippen LogP contribution in [0.25, 0.3) is 11.1 Å². The van der Waals surface area contributed by atoms with Crippen molar-refractivity contribution in [3.63, 3.8) is 0 Å². The predicted octanol–water partition coefficient (Wildman–Crippen LogP) is 4.11. The fraction of sp³-hybridized carbons (Fsp3) is 0.429. The van der Waals surface area contributed by atoms with E-state index in [0.717, 1.165) is 26.5 Å². The first-order valence-corrected chi connectivity index (χ1v) is 10.5. The number of nitrogens with one attached hydrogen (secondary N) is 1. The van der Waals surface area contributed by atoms with Crippen LogP contribution < -0.4 is 5.32 Å². The Kier molecular flexibility index (Phi) is 4.96. The molecule has 9 heteroatoms. The SMILES string of the molecule is Cc1sc(C(=O)CN2C(=O)NC3(CCC(F)(F)CC3)C2=O)c(C)c1-c1cccnc1. The average molecular weight is 433 g/mol. The number of imide groups is 1. The zero-order chi connectivity index (χ0) is 21.7. The number of hydrogen-bond donors (Lipinski definition) is 1. The molecule has 0 aromatic carbocycles. The Morgan fingerprint density at radius 1 is 1.23 bits per heavy atom. The summed E-state index contributed by atoms with van der Waals surface area (Å²) in [6, 6.07) is 3.02. The van der Waals surface area contributed by atoms with Crippen LogP contribution in [0.4, 0.5) is 13.6 Å². The van der Waals surface area contributed by atoms with Gasteiger partial charge in [0.15, 0.2) is 5.78 Å². The molecule has 1 aliphatic carbocycles. The van der Waals surface area contributed by atoms with Gasteiger partial charge in [0.2, 0.25) is 5.92 Å². The summed E-state index contributed by atoms with van der Waals surface area (Å²) in [5, 5.41) is 2.57. The van der Waals surface area contributed by atoms with Crippen molar-refractivity contribution in [3.8, 4) is 11.1 Å². The van der Waals surface area contributed by atoms with Gasteiger partial charge >= 0.3 is 6.03 Å². The Morgan fingerprint density at radius 3 is 2.57 bits per heavy atom. The molecule has 1 N–H and O–H groups in total. The summed E-state index contributed by atoms with van der Waals surface area (Å²) < 4.78 is 27.0. The fourth-order valence-corrected chi connectivity index (χ4v) is 5.38. The van der Waals surface area contributed by atoms with Crippen molar-refractivity contribution in [2.75, 3.05) is 6.54 Å². The summed E-state index contributed by atoms with van der Waals surface area (Å²) in [6.45, 7) is 3.33. The summed E-state index contributed by atoms with van der Waals surface area (Å²) in [4.78, 5) is 44.7. The molecule has 4 rings (SSSR count). The van der Waals surface area contributed by atoms with Gasteiger partial charge in [-0.25, -0.2) is 13.6 Å². The van der Waals surface area contributed by atoms with Gasteiger partial charge in [0.1, 0.15) is 5.54 Å². The van der Waals surface area contributed by atoms with E-state index in [1.165, 1.54) is 11.3 Å². The van der Waals surface area contributed by atoms with Crippen LogP contribution in [-0.4, -0.2) is 45.6 Å². The lowest BCUT2D eigenvalue weighted by molar-refractivity contribution is -0.135. The van der Waals surface area contributed by atoms with Gasteiger partial charge in [-0.2, -0.15) is 0 Å². The molecule has 2 aromatic heterocycles. The smallest absolute Gasteiger partial charge is 0.323 e. The third kappa shape index (κ3) is 3.40.